The zero-order valence-corrected chi connectivity index (χ0v) is 7.94. The summed E-state index contributed by atoms with van der Waals surface area (Å²) in [4.78, 5) is 0. The van der Waals surface area contributed by atoms with Crippen molar-refractivity contribution in [2.75, 3.05) is 0 Å². The maximum Gasteiger partial charge on any atom is 0.0902 e. The molecule has 5 heteroatoms. The van der Waals surface area contributed by atoms with Gasteiger partial charge in [0.1, 0.15) is 0 Å². The molecule has 1 rings (SSSR count). The average Bonchev–Trinajstić information content (AvgIpc) is 2.10. The normalized spacial score (nSPS) is 9.10. The highest BCUT2D eigenvalue weighted by Gasteiger charge is 1.99. The van der Waals surface area contributed by atoms with Gasteiger partial charge in [0, 0.05) is 19.8 Å². The van der Waals surface area contributed by atoms with Crippen LogP contribution in [0, 0.1) is 0 Å². The van der Waals surface area contributed by atoms with E-state index in [1.54, 1.807) is 4.68 Å². The lowest BCUT2D eigenvalue weighted by atomic mass is 10.4. The second kappa shape index (κ2) is 3.95. The van der Waals surface area contributed by atoms with Crippen molar-refractivity contribution in [1.29, 1.82) is 0 Å². The Morgan fingerprint density at radius 1 is 1.80 bits per heavy atom. The van der Waals surface area contributed by atoms with Gasteiger partial charge >= 0.3 is 0 Å². The first kappa shape index (κ1) is 9.94. The quantitative estimate of drug-likeness (QED) is 0.778. The van der Waals surface area contributed by atoms with Gasteiger partial charge in [-0.1, -0.05) is 0 Å². The maximum absolute atomic E-state index is 5.36. The number of rotatable bonds is 1. The second-order valence-electron chi connectivity index (χ2n) is 1.80. The SMILES string of the molecule is Cl.Cn1cc(Br)c(CN)n1. The number of nitrogens with zero attached hydrogens (tertiary/aromatic N) is 2. The van der Waals surface area contributed by atoms with Gasteiger partial charge in [-0.2, -0.15) is 5.10 Å². The molecule has 0 radical (unpaired) electrons. The Morgan fingerprint density at radius 3 is 2.60 bits per heavy atom. The van der Waals surface area contributed by atoms with E-state index in [9.17, 15) is 0 Å². The maximum atomic E-state index is 5.36. The van der Waals surface area contributed by atoms with Crippen LogP contribution in [-0.2, 0) is 13.6 Å². The summed E-state index contributed by atoms with van der Waals surface area (Å²) >= 11 is 3.31. The number of hydrogen-bond acceptors (Lipinski definition) is 2. The fraction of sp³-hybridized carbons (Fsp3) is 0.400. The molecule has 3 nitrogen and oxygen atoms in total. The first-order valence-electron chi connectivity index (χ1n) is 2.62. The summed E-state index contributed by atoms with van der Waals surface area (Å²) in [5.41, 5.74) is 6.26. The molecule has 0 unspecified atom stereocenters. The van der Waals surface area contributed by atoms with Crippen molar-refractivity contribution in [3.63, 3.8) is 0 Å². The van der Waals surface area contributed by atoms with Gasteiger partial charge in [-0.3, -0.25) is 4.68 Å². The molecule has 1 heterocycles. The zero-order chi connectivity index (χ0) is 6.85. The lowest BCUT2D eigenvalue weighted by Gasteiger charge is -1.85. The molecule has 0 saturated carbocycles. The molecule has 0 aliphatic carbocycles. The Kier molecular flexibility index (Phi) is 3.93. The molecule has 0 saturated heterocycles. The van der Waals surface area contributed by atoms with Crippen molar-refractivity contribution in [3.05, 3.63) is 16.4 Å². The van der Waals surface area contributed by atoms with Crippen molar-refractivity contribution in [2.24, 2.45) is 12.8 Å². The van der Waals surface area contributed by atoms with E-state index in [2.05, 4.69) is 21.0 Å². The molecule has 0 bridgehead atoms. The predicted molar refractivity (Wildman–Crippen MR) is 46.0 cm³/mol. The fourth-order valence-electron chi connectivity index (χ4n) is 0.644. The van der Waals surface area contributed by atoms with Gasteiger partial charge in [0.25, 0.3) is 0 Å². The Morgan fingerprint density at radius 2 is 2.40 bits per heavy atom. The highest BCUT2D eigenvalue weighted by Crippen LogP contribution is 2.12. The van der Waals surface area contributed by atoms with Crippen LogP contribution in [0.3, 0.4) is 0 Å². The summed E-state index contributed by atoms with van der Waals surface area (Å²) in [7, 11) is 1.86. The van der Waals surface area contributed by atoms with Gasteiger partial charge in [-0.25, -0.2) is 0 Å². The largest absolute Gasteiger partial charge is 0.325 e. The number of halogens is 2. The third kappa shape index (κ3) is 1.97. The average molecular weight is 227 g/mol. The Hall–Kier alpha value is -0.0600. The van der Waals surface area contributed by atoms with E-state index in [1.165, 1.54) is 0 Å². The summed E-state index contributed by atoms with van der Waals surface area (Å²) in [5.74, 6) is 0. The minimum absolute atomic E-state index is 0. The molecule has 0 atom stereocenters. The number of aryl methyl sites for hydroxylation is 1. The number of nitrogens with two attached hydrogens (primary N) is 1. The molecule has 0 amide bonds. The Bertz CT molecular complexity index is 211. The van der Waals surface area contributed by atoms with E-state index in [0.717, 1.165) is 10.2 Å². The Balaban J connectivity index is 0.000000810. The second-order valence-corrected chi connectivity index (χ2v) is 2.66. The summed E-state index contributed by atoms with van der Waals surface area (Å²) in [6.07, 6.45) is 1.88. The van der Waals surface area contributed by atoms with Gasteiger partial charge in [0.2, 0.25) is 0 Å². The predicted octanol–water partition coefficient (Wildman–Crippen LogP) is 1.06. The van der Waals surface area contributed by atoms with Gasteiger partial charge in [0.15, 0.2) is 0 Å². The molecular weight excluding hydrogens is 217 g/mol. The van der Waals surface area contributed by atoms with Crippen LogP contribution in [-0.4, -0.2) is 9.78 Å². The molecule has 58 valence electrons. The van der Waals surface area contributed by atoms with Crippen molar-refractivity contribution in [2.45, 2.75) is 6.54 Å². The zero-order valence-electron chi connectivity index (χ0n) is 5.54. The van der Waals surface area contributed by atoms with Crippen LogP contribution in [0.1, 0.15) is 5.69 Å². The van der Waals surface area contributed by atoms with Crippen molar-refractivity contribution in [1.82, 2.24) is 9.78 Å². The Labute approximate surface area is 74.1 Å². The third-order valence-electron chi connectivity index (χ3n) is 1.05. The smallest absolute Gasteiger partial charge is 0.0902 e. The molecule has 1 aromatic heterocycles. The van der Waals surface area contributed by atoms with Crippen LogP contribution in [0.2, 0.25) is 0 Å². The van der Waals surface area contributed by atoms with Gasteiger partial charge in [0.05, 0.1) is 10.2 Å². The van der Waals surface area contributed by atoms with Crippen LogP contribution in [0.25, 0.3) is 0 Å². The lowest BCUT2D eigenvalue weighted by Crippen LogP contribution is -1.98. The topological polar surface area (TPSA) is 43.8 Å². The summed E-state index contributed by atoms with van der Waals surface area (Å²) in [6, 6.07) is 0. The summed E-state index contributed by atoms with van der Waals surface area (Å²) in [6.45, 7) is 0.488. The molecule has 0 aliphatic rings. The summed E-state index contributed by atoms with van der Waals surface area (Å²) in [5, 5.41) is 4.07. The lowest BCUT2D eigenvalue weighted by molar-refractivity contribution is 0.742. The van der Waals surface area contributed by atoms with Crippen LogP contribution in [0.15, 0.2) is 10.7 Å². The molecule has 0 spiro atoms. The third-order valence-corrected chi connectivity index (χ3v) is 1.71. The van der Waals surface area contributed by atoms with Crippen molar-refractivity contribution >= 4 is 28.3 Å². The molecule has 0 fully saturated rings. The van der Waals surface area contributed by atoms with E-state index in [4.69, 9.17) is 5.73 Å². The van der Waals surface area contributed by atoms with Crippen molar-refractivity contribution < 1.29 is 0 Å². The van der Waals surface area contributed by atoms with Gasteiger partial charge in [-0.05, 0) is 15.9 Å². The standard InChI is InChI=1S/C5H8BrN3.ClH/c1-9-3-4(6)5(2-7)8-9;/h3H,2,7H2,1H3;1H. The van der Waals surface area contributed by atoms with E-state index in [-0.39, 0.29) is 12.4 Å². The number of aromatic nitrogens is 2. The molecule has 0 aromatic carbocycles. The minimum atomic E-state index is 0. The molecule has 10 heavy (non-hydrogen) atoms. The molecule has 0 aliphatic heterocycles. The fourth-order valence-corrected chi connectivity index (χ4v) is 1.18. The molecule has 1 aromatic rings. The van der Waals surface area contributed by atoms with Crippen LogP contribution < -0.4 is 5.73 Å². The first-order chi connectivity index (χ1) is 4.24. The van der Waals surface area contributed by atoms with E-state index >= 15 is 0 Å². The first-order valence-corrected chi connectivity index (χ1v) is 3.41. The van der Waals surface area contributed by atoms with Crippen LogP contribution in [0.4, 0.5) is 0 Å². The monoisotopic (exact) mass is 225 g/mol. The van der Waals surface area contributed by atoms with Crippen molar-refractivity contribution in [3.8, 4) is 0 Å². The minimum Gasteiger partial charge on any atom is -0.325 e. The van der Waals surface area contributed by atoms with E-state index in [0.29, 0.717) is 6.54 Å². The number of hydrogen-bond donors (Lipinski definition) is 1. The summed E-state index contributed by atoms with van der Waals surface area (Å²) < 4.78 is 2.71. The van der Waals surface area contributed by atoms with Crippen LogP contribution >= 0.6 is 28.3 Å². The van der Waals surface area contributed by atoms with Gasteiger partial charge < -0.3 is 5.73 Å². The van der Waals surface area contributed by atoms with Gasteiger partial charge in [-0.15, -0.1) is 12.4 Å². The molecule has 2 N–H and O–H groups in total. The highest BCUT2D eigenvalue weighted by molar-refractivity contribution is 9.10. The van der Waals surface area contributed by atoms with E-state index in [1.807, 2.05) is 13.2 Å². The van der Waals surface area contributed by atoms with Crippen LogP contribution in [0.5, 0.6) is 0 Å². The highest BCUT2D eigenvalue weighted by atomic mass is 79.9. The molecular formula is C5H9BrClN3. The van der Waals surface area contributed by atoms with E-state index < -0.39 is 0 Å².